The van der Waals surface area contributed by atoms with Crippen molar-refractivity contribution in [1.29, 1.82) is 0 Å². The molecule has 148 valence electrons. The zero-order chi connectivity index (χ0) is 20.8. The molecule has 0 fully saturated rings. The number of hydrogen-bond acceptors (Lipinski definition) is 5. The number of pyridine rings is 1. The quantitative estimate of drug-likeness (QED) is 0.359. The van der Waals surface area contributed by atoms with E-state index in [1.807, 2.05) is 0 Å². The number of hydrogen-bond donors (Lipinski definition) is 0. The van der Waals surface area contributed by atoms with Crippen LogP contribution >= 0.6 is 0 Å². The van der Waals surface area contributed by atoms with Gasteiger partial charge in [-0.1, -0.05) is 12.1 Å². The van der Waals surface area contributed by atoms with Crippen LogP contribution in [-0.2, 0) is 4.79 Å². The molecule has 30 heavy (non-hydrogen) atoms. The normalized spacial score (nSPS) is 18.6. The molecule has 5 rings (SSSR count). The first-order valence-corrected chi connectivity index (χ1v) is 9.18. The Kier molecular flexibility index (Phi) is 4.17. The van der Waals surface area contributed by atoms with Gasteiger partial charge in [0.2, 0.25) is 5.78 Å². The minimum absolute atomic E-state index is 0.0896. The summed E-state index contributed by atoms with van der Waals surface area (Å²) < 4.78 is 38.5. The second-order valence-corrected chi connectivity index (χ2v) is 6.98. The van der Waals surface area contributed by atoms with Crippen LogP contribution in [0, 0.1) is 11.6 Å². The Bertz CT molecular complexity index is 1240. The van der Waals surface area contributed by atoms with Crippen LogP contribution in [0.3, 0.4) is 0 Å². The first-order chi connectivity index (χ1) is 14.5. The van der Waals surface area contributed by atoms with E-state index in [4.69, 9.17) is 9.47 Å². The monoisotopic (exact) mass is 405 g/mol. The number of halogens is 2. The van der Waals surface area contributed by atoms with E-state index in [0.717, 1.165) is 12.1 Å². The van der Waals surface area contributed by atoms with Gasteiger partial charge in [0.25, 0.3) is 0 Å². The van der Waals surface area contributed by atoms with Gasteiger partial charge < -0.3 is 9.47 Å². The molecule has 0 saturated heterocycles. The van der Waals surface area contributed by atoms with Crippen LogP contribution in [-0.4, -0.2) is 16.7 Å². The number of benzene rings is 2. The van der Waals surface area contributed by atoms with Gasteiger partial charge in [-0.05, 0) is 47.5 Å². The van der Waals surface area contributed by atoms with Crippen molar-refractivity contribution in [1.82, 2.24) is 4.98 Å². The Morgan fingerprint density at radius 1 is 1.03 bits per heavy atom. The van der Waals surface area contributed by atoms with Crippen molar-refractivity contribution < 1.29 is 27.8 Å². The Morgan fingerprint density at radius 2 is 1.90 bits per heavy atom. The Hall–Kier alpha value is -3.87. The lowest BCUT2D eigenvalue weighted by Crippen LogP contribution is -2.21. The van der Waals surface area contributed by atoms with Gasteiger partial charge in [-0.15, -0.1) is 0 Å². The highest BCUT2D eigenvalue weighted by Gasteiger charge is 2.38. The van der Waals surface area contributed by atoms with Crippen LogP contribution in [0.25, 0.3) is 6.08 Å². The van der Waals surface area contributed by atoms with E-state index < -0.39 is 23.5 Å². The molecule has 0 N–H and O–H groups in total. The average Bonchev–Trinajstić information content (AvgIpc) is 3.05. The molecule has 1 unspecified atom stereocenters. The number of rotatable bonds is 2. The number of ketones is 1. The van der Waals surface area contributed by atoms with Gasteiger partial charge in [-0.25, -0.2) is 8.78 Å². The fourth-order valence-electron chi connectivity index (χ4n) is 3.73. The molecule has 1 atom stereocenters. The lowest BCUT2D eigenvalue weighted by molar-refractivity contribution is -0.135. The summed E-state index contributed by atoms with van der Waals surface area (Å²) in [5.41, 5.74) is 1.85. The van der Waals surface area contributed by atoms with Crippen molar-refractivity contribution in [3.63, 3.8) is 0 Å². The second kappa shape index (κ2) is 6.88. The molecule has 0 bridgehead atoms. The van der Waals surface area contributed by atoms with Gasteiger partial charge in [-0.2, -0.15) is 0 Å². The van der Waals surface area contributed by atoms with E-state index in [0.29, 0.717) is 22.3 Å². The van der Waals surface area contributed by atoms with E-state index in [-0.39, 0.29) is 29.5 Å². The zero-order valence-corrected chi connectivity index (χ0v) is 15.4. The SMILES string of the molecule is O=C1CC(c2ccc(F)c(F)c2)c2c(ccc3c2O/C(=C\c2cccnc2)C3=O)O1. The van der Waals surface area contributed by atoms with E-state index in [9.17, 15) is 18.4 Å². The van der Waals surface area contributed by atoms with Crippen molar-refractivity contribution in [3.8, 4) is 11.5 Å². The lowest BCUT2D eigenvalue weighted by Gasteiger charge is -2.26. The minimum Gasteiger partial charge on any atom is -0.452 e. The summed E-state index contributed by atoms with van der Waals surface area (Å²) in [7, 11) is 0. The van der Waals surface area contributed by atoms with Crippen LogP contribution in [0.5, 0.6) is 11.5 Å². The third-order valence-electron chi connectivity index (χ3n) is 5.11. The largest absolute Gasteiger partial charge is 0.452 e. The van der Waals surface area contributed by atoms with Gasteiger partial charge in [-0.3, -0.25) is 14.6 Å². The van der Waals surface area contributed by atoms with E-state index >= 15 is 0 Å². The summed E-state index contributed by atoms with van der Waals surface area (Å²) in [5, 5.41) is 0. The van der Waals surface area contributed by atoms with Gasteiger partial charge >= 0.3 is 5.97 Å². The summed E-state index contributed by atoms with van der Waals surface area (Å²) in [5.74, 6) is -2.88. The predicted octanol–water partition coefficient (Wildman–Crippen LogP) is 4.42. The first-order valence-electron chi connectivity index (χ1n) is 9.18. The maximum absolute atomic E-state index is 13.9. The summed E-state index contributed by atoms with van der Waals surface area (Å²) in [6, 6.07) is 10.0. The predicted molar refractivity (Wildman–Crippen MR) is 102 cm³/mol. The molecule has 0 radical (unpaired) electrons. The van der Waals surface area contributed by atoms with Crippen LogP contribution in [0.15, 0.2) is 60.6 Å². The standard InChI is InChI=1S/C23H13F2NO4/c24-16-5-3-13(9-17(16)25)15-10-20(27)29-18-6-4-14-22(28)19(30-23(14)21(15)18)8-12-2-1-7-26-11-12/h1-9,11,15H,10H2/b19-8-. The smallest absolute Gasteiger partial charge is 0.312 e. The molecule has 2 aliphatic rings. The van der Waals surface area contributed by atoms with Crippen molar-refractivity contribution in [3.05, 3.63) is 94.5 Å². The highest BCUT2D eigenvalue weighted by Crippen LogP contribution is 2.49. The Balaban J connectivity index is 1.63. The van der Waals surface area contributed by atoms with Crippen molar-refractivity contribution in [2.75, 3.05) is 0 Å². The zero-order valence-electron chi connectivity index (χ0n) is 15.4. The lowest BCUT2D eigenvalue weighted by atomic mass is 9.84. The molecule has 2 aliphatic heterocycles. The number of carbonyl (C=O) groups excluding carboxylic acids is 2. The Morgan fingerprint density at radius 3 is 2.67 bits per heavy atom. The van der Waals surface area contributed by atoms with Crippen molar-refractivity contribution in [2.24, 2.45) is 0 Å². The van der Waals surface area contributed by atoms with Crippen LogP contribution < -0.4 is 9.47 Å². The third-order valence-corrected chi connectivity index (χ3v) is 5.11. The van der Waals surface area contributed by atoms with Crippen molar-refractivity contribution >= 4 is 17.8 Å². The molecule has 1 aromatic heterocycles. The summed E-state index contributed by atoms with van der Waals surface area (Å²) >= 11 is 0. The fraction of sp³-hybridized carbons (Fsp3) is 0.0870. The molecule has 5 nitrogen and oxygen atoms in total. The molecular formula is C23H13F2NO4. The van der Waals surface area contributed by atoms with Gasteiger partial charge in [0.05, 0.1) is 12.0 Å². The Labute approximate surface area is 169 Å². The number of carbonyl (C=O) groups is 2. The maximum atomic E-state index is 13.9. The van der Waals surface area contributed by atoms with Crippen LogP contribution in [0.4, 0.5) is 8.78 Å². The molecule has 3 heterocycles. The number of aromatic nitrogens is 1. The molecule has 0 saturated carbocycles. The summed E-state index contributed by atoms with van der Waals surface area (Å²) in [6.45, 7) is 0. The van der Waals surface area contributed by atoms with E-state index in [1.54, 1.807) is 30.6 Å². The first kappa shape index (κ1) is 18.2. The van der Waals surface area contributed by atoms with E-state index in [2.05, 4.69) is 4.98 Å². The fourth-order valence-corrected chi connectivity index (χ4v) is 3.73. The van der Waals surface area contributed by atoms with Gasteiger partial charge in [0.1, 0.15) is 11.5 Å². The third kappa shape index (κ3) is 2.95. The number of ether oxygens (including phenoxy) is 2. The minimum atomic E-state index is -1.02. The highest BCUT2D eigenvalue weighted by atomic mass is 19.2. The number of Topliss-reactive ketones (excluding diaryl/α,β-unsaturated/α-hetero) is 1. The maximum Gasteiger partial charge on any atom is 0.312 e. The molecule has 0 aliphatic carbocycles. The second-order valence-electron chi connectivity index (χ2n) is 6.98. The van der Waals surface area contributed by atoms with Gasteiger partial charge in [0, 0.05) is 23.9 Å². The average molecular weight is 405 g/mol. The molecular weight excluding hydrogens is 392 g/mol. The van der Waals surface area contributed by atoms with Crippen molar-refractivity contribution in [2.45, 2.75) is 12.3 Å². The number of esters is 1. The molecule has 0 spiro atoms. The summed E-state index contributed by atoms with van der Waals surface area (Å²) in [4.78, 5) is 29.0. The topological polar surface area (TPSA) is 65.5 Å². The molecule has 7 heteroatoms. The van der Waals surface area contributed by atoms with Gasteiger partial charge in [0.15, 0.2) is 17.4 Å². The van der Waals surface area contributed by atoms with Crippen LogP contribution in [0.2, 0.25) is 0 Å². The molecule has 3 aromatic rings. The molecule has 0 amide bonds. The number of fused-ring (bicyclic) bond motifs is 3. The summed E-state index contributed by atoms with van der Waals surface area (Å²) in [6.07, 6.45) is 4.69. The van der Waals surface area contributed by atoms with E-state index in [1.165, 1.54) is 18.2 Å². The number of allylic oxidation sites excluding steroid dienone is 1. The number of nitrogens with zero attached hydrogens (tertiary/aromatic N) is 1. The molecule has 2 aromatic carbocycles. The van der Waals surface area contributed by atoms with Crippen LogP contribution in [0.1, 0.15) is 39.4 Å². The highest BCUT2D eigenvalue weighted by molar-refractivity contribution is 6.15.